The lowest BCUT2D eigenvalue weighted by atomic mass is 9.73. The van der Waals surface area contributed by atoms with Crippen molar-refractivity contribution in [1.82, 2.24) is 5.32 Å². The highest BCUT2D eigenvalue weighted by atomic mass is 14.9. The Bertz CT molecular complexity index is 352. The number of fused-ring (bicyclic) bond motifs is 1. The number of rotatable bonds is 1. The second kappa shape index (κ2) is 4.58. The highest BCUT2D eigenvalue weighted by Crippen LogP contribution is 2.39. The molecule has 0 bridgehead atoms. The molecule has 2 aliphatic rings. The summed E-state index contributed by atoms with van der Waals surface area (Å²) < 4.78 is 0. The molecule has 2 atom stereocenters. The highest BCUT2D eigenvalue weighted by Gasteiger charge is 2.28. The van der Waals surface area contributed by atoms with Gasteiger partial charge >= 0.3 is 0 Å². The van der Waals surface area contributed by atoms with Crippen molar-refractivity contribution in [2.75, 3.05) is 13.1 Å². The summed E-state index contributed by atoms with van der Waals surface area (Å²) in [5, 5.41) is 3.56. The average molecular weight is 215 g/mol. The smallest absolute Gasteiger partial charge is 0.00147 e. The van der Waals surface area contributed by atoms with Crippen LogP contribution in [0.2, 0.25) is 0 Å². The lowest BCUT2D eigenvalue weighted by Gasteiger charge is -2.35. The van der Waals surface area contributed by atoms with Gasteiger partial charge in [-0.05, 0) is 68.2 Å². The zero-order valence-corrected chi connectivity index (χ0v) is 9.91. The molecule has 0 spiro atoms. The van der Waals surface area contributed by atoms with Gasteiger partial charge in [-0.15, -0.1) is 0 Å². The largest absolute Gasteiger partial charge is 0.316 e. The van der Waals surface area contributed by atoms with Crippen LogP contribution in [0.1, 0.15) is 42.7 Å². The van der Waals surface area contributed by atoms with E-state index in [1.807, 2.05) is 0 Å². The molecule has 86 valence electrons. The molecule has 0 radical (unpaired) electrons. The van der Waals surface area contributed by atoms with E-state index in [0.29, 0.717) is 0 Å². The molecule has 1 N–H and O–H groups in total. The van der Waals surface area contributed by atoms with Crippen molar-refractivity contribution in [3.8, 4) is 0 Å². The predicted octanol–water partition coefficient (Wildman–Crippen LogP) is 3.11. The molecule has 1 nitrogen and oxygen atoms in total. The van der Waals surface area contributed by atoms with Gasteiger partial charge in [0.25, 0.3) is 0 Å². The van der Waals surface area contributed by atoms with Crippen LogP contribution in [0.3, 0.4) is 0 Å². The van der Waals surface area contributed by atoms with Crippen molar-refractivity contribution < 1.29 is 0 Å². The maximum Gasteiger partial charge on any atom is -0.00147 e. The molecule has 3 rings (SSSR count). The van der Waals surface area contributed by atoms with Crippen LogP contribution in [0.5, 0.6) is 0 Å². The maximum atomic E-state index is 3.56. The van der Waals surface area contributed by atoms with E-state index in [-0.39, 0.29) is 0 Å². The molecule has 1 aliphatic carbocycles. The number of nitrogens with one attached hydrogen (secondary N) is 1. The molecular formula is C15H21N. The third kappa shape index (κ3) is 1.89. The van der Waals surface area contributed by atoms with Crippen molar-refractivity contribution in [1.29, 1.82) is 0 Å². The van der Waals surface area contributed by atoms with Crippen LogP contribution >= 0.6 is 0 Å². The number of hydrogen-bond acceptors (Lipinski definition) is 1. The summed E-state index contributed by atoms with van der Waals surface area (Å²) in [6, 6.07) is 9.11. The standard InChI is InChI=1S/C15H21N/c1-2-8-14-12(5-1)6-3-9-15(14)13-7-4-10-16-11-13/h1-2,5,8,13,15-16H,3-4,6-7,9-11H2. The van der Waals surface area contributed by atoms with Crippen molar-refractivity contribution in [2.24, 2.45) is 5.92 Å². The molecule has 1 fully saturated rings. The summed E-state index contributed by atoms with van der Waals surface area (Å²) >= 11 is 0. The third-order valence-electron chi connectivity index (χ3n) is 4.32. The molecule has 1 heteroatoms. The van der Waals surface area contributed by atoms with Crippen LogP contribution in [-0.2, 0) is 6.42 Å². The van der Waals surface area contributed by atoms with E-state index in [1.165, 1.54) is 45.2 Å². The Morgan fingerprint density at radius 2 is 2.00 bits per heavy atom. The van der Waals surface area contributed by atoms with Gasteiger partial charge in [0.1, 0.15) is 0 Å². The number of benzene rings is 1. The molecule has 0 amide bonds. The zero-order valence-electron chi connectivity index (χ0n) is 9.91. The first-order chi connectivity index (χ1) is 7.95. The maximum absolute atomic E-state index is 3.56. The van der Waals surface area contributed by atoms with Gasteiger partial charge in [0, 0.05) is 0 Å². The minimum Gasteiger partial charge on any atom is -0.316 e. The molecular weight excluding hydrogens is 194 g/mol. The van der Waals surface area contributed by atoms with Crippen LogP contribution in [0.25, 0.3) is 0 Å². The number of aryl methyl sites for hydroxylation is 1. The molecule has 1 saturated heterocycles. The summed E-state index contributed by atoms with van der Waals surface area (Å²) in [5.41, 5.74) is 3.27. The van der Waals surface area contributed by atoms with Crippen LogP contribution < -0.4 is 5.32 Å². The molecule has 1 heterocycles. The van der Waals surface area contributed by atoms with Crippen molar-refractivity contribution >= 4 is 0 Å². The Morgan fingerprint density at radius 1 is 1.06 bits per heavy atom. The van der Waals surface area contributed by atoms with Gasteiger partial charge in [-0.25, -0.2) is 0 Å². The van der Waals surface area contributed by atoms with Crippen LogP contribution in [-0.4, -0.2) is 13.1 Å². The Kier molecular flexibility index (Phi) is 2.96. The van der Waals surface area contributed by atoms with Gasteiger partial charge < -0.3 is 5.32 Å². The Morgan fingerprint density at radius 3 is 2.88 bits per heavy atom. The molecule has 1 aromatic rings. The Hall–Kier alpha value is -0.820. The van der Waals surface area contributed by atoms with Gasteiger partial charge in [-0.1, -0.05) is 24.3 Å². The summed E-state index contributed by atoms with van der Waals surface area (Å²) in [5.74, 6) is 1.72. The van der Waals surface area contributed by atoms with E-state index in [9.17, 15) is 0 Å². The number of piperidine rings is 1. The number of hydrogen-bond donors (Lipinski definition) is 1. The van der Waals surface area contributed by atoms with Crippen molar-refractivity contribution in [3.63, 3.8) is 0 Å². The fraction of sp³-hybridized carbons (Fsp3) is 0.600. The molecule has 16 heavy (non-hydrogen) atoms. The Labute approximate surface area is 98.3 Å². The van der Waals surface area contributed by atoms with Gasteiger partial charge in [0.2, 0.25) is 0 Å². The van der Waals surface area contributed by atoms with Gasteiger partial charge in [0.15, 0.2) is 0 Å². The summed E-state index contributed by atoms with van der Waals surface area (Å²) in [7, 11) is 0. The van der Waals surface area contributed by atoms with E-state index in [2.05, 4.69) is 29.6 Å². The lowest BCUT2D eigenvalue weighted by Crippen LogP contribution is -2.34. The van der Waals surface area contributed by atoms with Crippen LogP contribution in [0.4, 0.5) is 0 Å². The van der Waals surface area contributed by atoms with Crippen molar-refractivity contribution in [3.05, 3.63) is 35.4 Å². The van der Waals surface area contributed by atoms with E-state index in [4.69, 9.17) is 0 Å². The summed E-state index contributed by atoms with van der Waals surface area (Å²) in [4.78, 5) is 0. The van der Waals surface area contributed by atoms with Gasteiger partial charge in [-0.3, -0.25) is 0 Å². The highest BCUT2D eigenvalue weighted by molar-refractivity contribution is 5.33. The average Bonchev–Trinajstić information content (AvgIpc) is 2.39. The molecule has 0 saturated carbocycles. The summed E-state index contributed by atoms with van der Waals surface area (Å²) in [6.45, 7) is 2.46. The van der Waals surface area contributed by atoms with E-state index in [0.717, 1.165) is 11.8 Å². The lowest BCUT2D eigenvalue weighted by molar-refractivity contribution is 0.300. The second-order valence-corrected chi connectivity index (χ2v) is 5.30. The first-order valence-corrected chi connectivity index (χ1v) is 6.73. The minimum atomic E-state index is 0.831. The first kappa shape index (κ1) is 10.3. The fourth-order valence-corrected chi connectivity index (χ4v) is 3.50. The van der Waals surface area contributed by atoms with Crippen molar-refractivity contribution in [2.45, 2.75) is 38.0 Å². The monoisotopic (exact) mass is 215 g/mol. The first-order valence-electron chi connectivity index (χ1n) is 6.73. The normalized spacial score (nSPS) is 29.8. The topological polar surface area (TPSA) is 12.0 Å². The Balaban J connectivity index is 1.86. The SMILES string of the molecule is c1ccc2c(c1)CCCC2C1CCCNC1. The second-order valence-electron chi connectivity index (χ2n) is 5.30. The molecule has 1 aliphatic heterocycles. The summed E-state index contributed by atoms with van der Waals surface area (Å²) in [6.07, 6.45) is 6.88. The predicted molar refractivity (Wildman–Crippen MR) is 67.7 cm³/mol. The van der Waals surface area contributed by atoms with Crippen LogP contribution in [0.15, 0.2) is 24.3 Å². The van der Waals surface area contributed by atoms with Gasteiger partial charge in [0.05, 0.1) is 0 Å². The molecule has 0 aromatic heterocycles. The quantitative estimate of drug-likeness (QED) is 0.759. The fourth-order valence-electron chi connectivity index (χ4n) is 3.50. The zero-order chi connectivity index (χ0) is 10.8. The van der Waals surface area contributed by atoms with E-state index >= 15 is 0 Å². The molecule has 1 aromatic carbocycles. The van der Waals surface area contributed by atoms with Crippen LogP contribution in [0, 0.1) is 5.92 Å². The molecule has 2 unspecified atom stereocenters. The van der Waals surface area contributed by atoms with E-state index in [1.54, 1.807) is 11.1 Å². The third-order valence-corrected chi connectivity index (χ3v) is 4.32. The van der Waals surface area contributed by atoms with E-state index < -0.39 is 0 Å². The minimum absolute atomic E-state index is 0.831. The van der Waals surface area contributed by atoms with Gasteiger partial charge in [-0.2, -0.15) is 0 Å².